The monoisotopic (exact) mass is 370 g/mol. The number of ether oxygens (including phenoxy) is 2. The lowest BCUT2D eigenvalue weighted by Gasteiger charge is -2.11. The molecule has 3 aromatic rings. The Balaban J connectivity index is 1.89. The Kier molecular flexibility index (Phi) is 5.16. The molecule has 1 N–H and O–H groups in total. The number of benzene rings is 1. The molecule has 142 valence electrons. The van der Waals surface area contributed by atoms with Gasteiger partial charge in [-0.1, -0.05) is 0 Å². The van der Waals surface area contributed by atoms with Crippen molar-refractivity contribution in [2.45, 2.75) is 26.4 Å². The molecule has 8 heteroatoms. The molecule has 2 aromatic heterocycles. The van der Waals surface area contributed by atoms with Gasteiger partial charge in [0.2, 0.25) is 5.91 Å². The number of carbonyl (C=O) groups is 1. The zero-order valence-corrected chi connectivity index (χ0v) is 15.7. The minimum Gasteiger partial charge on any atom is -0.493 e. The summed E-state index contributed by atoms with van der Waals surface area (Å²) in [5, 5.41) is 2.78. The third-order valence-electron chi connectivity index (χ3n) is 4.21. The standard InChI is InChI=1S/C19H22N4O4/c1-12(2)23-18-14(6-5-9-20-18)22(19(23)25)11-17(24)21-13-7-8-15(26-3)16(10-13)27-4/h5-10,12H,11H2,1-4H3,(H,21,24). The third-order valence-corrected chi connectivity index (χ3v) is 4.21. The molecule has 0 saturated carbocycles. The highest BCUT2D eigenvalue weighted by Gasteiger charge is 2.18. The van der Waals surface area contributed by atoms with Crippen LogP contribution in [0.1, 0.15) is 19.9 Å². The van der Waals surface area contributed by atoms with Gasteiger partial charge in [0.1, 0.15) is 6.54 Å². The van der Waals surface area contributed by atoms with E-state index in [0.29, 0.717) is 28.4 Å². The predicted octanol–water partition coefficient (Wildman–Crippen LogP) is 2.43. The number of hydrogen-bond acceptors (Lipinski definition) is 5. The number of rotatable bonds is 6. The summed E-state index contributed by atoms with van der Waals surface area (Å²) in [6, 6.07) is 8.54. The van der Waals surface area contributed by atoms with Crippen molar-refractivity contribution in [2.24, 2.45) is 0 Å². The van der Waals surface area contributed by atoms with Crippen LogP contribution < -0.4 is 20.5 Å². The van der Waals surface area contributed by atoms with E-state index in [2.05, 4.69) is 10.3 Å². The number of anilines is 1. The number of carbonyl (C=O) groups excluding carboxylic acids is 1. The summed E-state index contributed by atoms with van der Waals surface area (Å²) >= 11 is 0. The highest BCUT2D eigenvalue weighted by molar-refractivity contribution is 5.91. The molecule has 0 spiro atoms. The Morgan fingerprint density at radius 2 is 1.93 bits per heavy atom. The minimum absolute atomic E-state index is 0.0648. The summed E-state index contributed by atoms with van der Waals surface area (Å²) < 4.78 is 13.4. The molecule has 0 saturated heterocycles. The highest BCUT2D eigenvalue weighted by atomic mass is 16.5. The maximum absolute atomic E-state index is 12.8. The SMILES string of the molecule is COc1ccc(NC(=O)Cn2c(=O)n(C(C)C)c3ncccc32)cc1OC. The second-order valence-electron chi connectivity index (χ2n) is 6.30. The van der Waals surface area contributed by atoms with E-state index in [-0.39, 0.29) is 24.2 Å². The van der Waals surface area contributed by atoms with Crippen molar-refractivity contribution in [1.29, 1.82) is 0 Å². The Morgan fingerprint density at radius 3 is 2.59 bits per heavy atom. The Morgan fingerprint density at radius 1 is 1.19 bits per heavy atom. The molecule has 0 radical (unpaired) electrons. The number of aromatic nitrogens is 3. The number of pyridine rings is 1. The van der Waals surface area contributed by atoms with Gasteiger partial charge in [-0.15, -0.1) is 0 Å². The summed E-state index contributed by atoms with van der Waals surface area (Å²) in [4.78, 5) is 29.6. The molecule has 0 fully saturated rings. The first kappa shape index (κ1) is 18.5. The molecular formula is C19H22N4O4. The van der Waals surface area contributed by atoms with Gasteiger partial charge in [0.15, 0.2) is 17.1 Å². The average Bonchev–Trinajstić information content (AvgIpc) is 2.93. The molecule has 0 atom stereocenters. The van der Waals surface area contributed by atoms with Crippen LogP contribution in [0.5, 0.6) is 11.5 Å². The molecule has 0 bridgehead atoms. The first-order chi connectivity index (χ1) is 13.0. The van der Waals surface area contributed by atoms with Crippen LogP contribution in [0.2, 0.25) is 0 Å². The Labute approximate surface area is 156 Å². The number of fused-ring (bicyclic) bond motifs is 1. The Bertz CT molecular complexity index is 1040. The predicted molar refractivity (Wildman–Crippen MR) is 103 cm³/mol. The van der Waals surface area contributed by atoms with E-state index in [4.69, 9.17) is 9.47 Å². The molecule has 0 unspecified atom stereocenters. The van der Waals surface area contributed by atoms with Crippen LogP contribution in [0.15, 0.2) is 41.3 Å². The summed E-state index contributed by atoms with van der Waals surface area (Å²) in [6.07, 6.45) is 1.63. The third kappa shape index (κ3) is 3.51. The van der Waals surface area contributed by atoms with Crippen LogP contribution in [0.3, 0.4) is 0 Å². The van der Waals surface area contributed by atoms with Crippen molar-refractivity contribution in [3.05, 3.63) is 47.0 Å². The molecule has 8 nitrogen and oxygen atoms in total. The number of imidazole rings is 1. The molecule has 0 aliphatic rings. The normalized spacial score (nSPS) is 11.0. The molecule has 2 heterocycles. The summed E-state index contributed by atoms with van der Waals surface area (Å²) in [5.41, 5.74) is 1.48. The van der Waals surface area contributed by atoms with Gasteiger partial charge < -0.3 is 14.8 Å². The van der Waals surface area contributed by atoms with E-state index >= 15 is 0 Å². The van der Waals surface area contributed by atoms with Crippen molar-refractivity contribution < 1.29 is 14.3 Å². The van der Waals surface area contributed by atoms with Gasteiger partial charge in [-0.25, -0.2) is 9.78 Å². The number of hydrogen-bond donors (Lipinski definition) is 1. The fourth-order valence-corrected chi connectivity index (χ4v) is 2.98. The van der Waals surface area contributed by atoms with E-state index in [1.165, 1.54) is 11.7 Å². The van der Waals surface area contributed by atoms with E-state index < -0.39 is 0 Å². The van der Waals surface area contributed by atoms with E-state index in [1.54, 1.807) is 48.2 Å². The van der Waals surface area contributed by atoms with Gasteiger partial charge >= 0.3 is 5.69 Å². The fourth-order valence-electron chi connectivity index (χ4n) is 2.98. The smallest absolute Gasteiger partial charge is 0.331 e. The first-order valence-electron chi connectivity index (χ1n) is 8.54. The summed E-state index contributed by atoms with van der Waals surface area (Å²) in [7, 11) is 3.07. The second-order valence-corrected chi connectivity index (χ2v) is 6.30. The maximum Gasteiger partial charge on any atom is 0.331 e. The van der Waals surface area contributed by atoms with Crippen LogP contribution in [-0.4, -0.2) is 34.2 Å². The van der Waals surface area contributed by atoms with Crippen LogP contribution in [-0.2, 0) is 11.3 Å². The molecule has 0 aliphatic heterocycles. The van der Waals surface area contributed by atoms with Crippen molar-refractivity contribution in [3.8, 4) is 11.5 Å². The van der Waals surface area contributed by atoms with Crippen LogP contribution in [0.4, 0.5) is 5.69 Å². The molecular weight excluding hydrogens is 348 g/mol. The number of nitrogens with one attached hydrogen (secondary N) is 1. The van der Waals surface area contributed by atoms with E-state index in [1.807, 2.05) is 13.8 Å². The van der Waals surface area contributed by atoms with Gasteiger partial charge in [-0.2, -0.15) is 0 Å². The Hall–Kier alpha value is -3.29. The van der Waals surface area contributed by atoms with Gasteiger partial charge in [-0.05, 0) is 38.1 Å². The van der Waals surface area contributed by atoms with Crippen LogP contribution >= 0.6 is 0 Å². The lowest BCUT2D eigenvalue weighted by Crippen LogP contribution is -2.30. The molecule has 3 rings (SSSR count). The summed E-state index contributed by atoms with van der Waals surface area (Å²) in [6.45, 7) is 3.70. The number of nitrogens with zero attached hydrogens (tertiary/aromatic N) is 3. The lowest BCUT2D eigenvalue weighted by molar-refractivity contribution is -0.116. The molecule has 1 aromatic carbocycles. The summed E-state index contributed by atoms with van der Waals surface area (Å²) in [5.74, 6) is 0.752. The van der Waals surface area contributed by atoms with Crippen molar-refractivity contribution in [3.63, 3.8) is 0 Å². The van der Waals surface area contributed by atoms with Crippen molar-refractivity contribution >= 4 is 22.8 Å². The van der Waals surface area contributed by atoms with Gasteiger partial charge in [-0.3, -0.25) is 13.9 Å². The molecule has 0 aliphatic carbocycles. The zero-order chi connectivity index (χ0) is 19.6. The largest absolute Gasteiger partial charge is 0.493 e. The maximum atomic E-state index is 12.8. The van der Waals surface area contributed by atoms with Gasteiger partial charge in [0.25, 0.3) is 0 Å². The highest BCUT2D eigenvalue weighted by Crippen LogP contribution is 2.29. The van der Waals surface area contributed by atoms with Crippen LogP contribution in [0.25, 0.3) is 11.2 Å². The van der Waals surface area contributed by atoms with Crippen LogP contribution in [0, 0.1) is 0 Å². The molecule has 1 amide bonds. The fraction of sp³-hybridized carbons (Fsp3) is 0.316. The molecule has 27 heavy (non-hydrogen) atoms. The average molecular weight is 370 g/mol. The second kappa shape index (κ2) is 7.53. The van der Waals surface area contributed by atoms with Gasteiger partial charge in [0, 0.05) is 24.0 Å². The lowest BCUT2D eigenvalue weighted by atomic mass is 10.2. The van der Waals surface area contributed by atoms with Crippen molar-refractivity contribution in [1.82, 2.24) is 14.1 Å². The quantitative estimate of drug-likeness (QED) is 0.720. The van der Waals surface area contributed by atoms with Crippen molar-refractivity contribution in [2.75, 3.05) is 19.5 Å². The zero-order valence-electron chi connectivity index (χ0n) is 15.7. The van der Waals surface area contributed by atoms with E-state index in [9.17, 15) is 9.59 Å². The topological polar surface area (TPSA) is 87.4 Å². The van der Waals surface area contributed by atoms with E-state index in [0.717, 1.165) is 0 Å². The first-order valence-corrected chi connectivity index (χ1v) is 8.54. The number of methoxy groups -OCH3 is 2. The van der Waals surface area contributed by atoms with Gasteiger partial charge in [0.05, 0.1) is 19.7 Å². The number of amides is 1. The minimum atomic E-state index is -0.323.